The fourth-order valence-electron chi connectivity index (χ4n) is 2.03. The lowest BCUT2D eigenvalue weighted by molar-refractivity contribution is -0.141. The van der Waals surface area contributed by atoms with Crippen molar-refractivity contribution in [3.05, 3.63) is 42.0 Å². The maximum Gasteiger partial charge on any atom is 0.433 e. The topological polar surface area (TPSA) is 79.2 Å². The van der Waals surface area contributed by atoms with Gasteiger partial charge in [-0.05, 0) is 17.7 Å². The van der Waals surface area contributed by atoms with Gasteiger partial charge in [0.1, 0.15) is 5.69 Å². The van der Waals surface area contributed by atoms with Crippen molar-refractivity contribution >= 4 is 11.9 Å². The van der Waals surface area contributed by atoms with Gasteiger partial charge in [0.2, 0.25) is 5.95 Å². The summed E-state index contributed by atoms with van der Waals surface area (Å²) in [7, 11) is 3.59. The number of aryl methyl sites for hydroxylation is 1. The van der Waals surface area contributed by atoms with Crippen molar-refractivity contribution in [2.24, 2.45) is 12.0 Å². The van der Waals surface area contributed by atoms with E-state index in [0.717, 1.165) is 17.8 Å². The molecule has 0 saturated carbocycles. The van der Waals surface area contributed by atoms with Crippen LogP contribution in [0.5, 0.6) is 0 Å². The highest BCUT2D eigenvalue weighted by Crippen LogP contribution is 2.27. The molecule has 0 bridgehead atoms. The first kappa shape index (κ1) is 18.6. The molecular formula is C15H20F3N7. The van der Waals surface area contributed by atoms with Crippen molar-refractivity contribution in [1.29, 1.82) is 0 Å². The van der Waals surface area contributed by atoms with Gasteiger partial charge in [-0.15, -0.1) is 0 Å². The number of halogens is 3. The van der Waals surface area contributed by atoms with Crippen LogP contribution in [0.1, 0.15) is 11.3 Å². The Kier molecular flexibility index (Phi) is 6.20. The lowest BCUT2D eigenvalue weighted by atomic mass is 10.3. The molecule has 0 aliphatic carbocycles. The van der Waals surface area contributed by atoms with E-state index in [9.17, 15) is 13.2 Å². The monoisotopic (exact) mass is 355 g/mol. The number of guanidine groups is 1. The van der Waals surface area contributed by atoms with E-state index in [4.69, 9.17) is 0 Å². The van der Waals surface area contributed by atoms with E-state index in [0.29, 0.717) is 25.6 Å². The fraction of sp³-hybridized carbons (Fsp3) is 0.400. The number of nitrogens with one attached hydrogen (secondary N) is 3. The first-order valence-electron chi connectivity index (χ1n) is 7.58. The van der Waals surface area contributed by atoms with E-state index in [1.807, 2.05) is 30.1 Å². The number of hydrogen-bond acceptors (Lipinski definition) is 4. The van der Waals surface area contributed by atoms with Crippen LogP contribution in [-0.4, -0.2) is 40.6 Å². The molecule has 3 N–H and O–H groups in total. The molecule has 10 heteroatoms. The van der Waals surface area contributed by atoms with Gasteiger partial charge in [0, 0.05) is 52.3 Å². The second kappa shape index (κ2) is 8.36. The van der Waals surface area contributed by atoms with Crippen LogP contribution in [0.25, 0.3) is 0 Å². The molecule has 0 aliphatic heterocycles. The summed E-state index contributed by atoms with van der Waals surface area (Å²) >= 11 is 0. The van der Waals surface area contributed by atoms with E-state index >= 15 is 0 Å². The predicted octanol–water partition coefficient (Wildman–Crippen LogP) is 1.61. The quantitative estimate of drug-likeness (QED) is 0.417. The minimum Gasteiger partial charge on any atom is -0.357 e. The second-order valence-electron chi connectivity index (χ2n) is 5.23. The maximum atomic E-state index is 12.6. The Bertz CT molecular complexity index is 709. The van der Waals surface area contributed by atoms with E-state index in [1.165, 1.54) is 0 Å². The highest BCUT2D eigenvalue weighted by molar-refractivity contribution is 5.79. The van der Waals surface area contributed by atoms with Crippen molar-refractivity contribution in [2.45, 2.75) is 12.7 Å². The summed E-state index contributed by atoms with van der Waals surface area (Å²) in [4.78, 5) is 11.3. The van der Waals surface area contributed by atoms with Crippen molar-refractivity contribution in [3.8, 4) is 0 Å². The molecule has 0 aromatic carbocycles. The Morgan fingerprint density at radius 3 is 2.68 bits per heavy atom. The molecule has 0 unspecified atom stereocenters. The maximum absolute atomic E-state index is 12.6. The summed E-state index contributed by atoms with van der Waals surface area (Å²) in [5, 5.41) is 8.94. The van der Waals surface area contributed by atoms with Crippen molar-refractivity contribution in [3.63, 3.8) is 0 Å². The second-order valence-corrected chi connectivity index (χ2v) is 5.23. The minimum atomic E-state index is -4.49. The van der Waals surface area contributed by atoms with Crippen LogP contribution in [0, 0.1) is 0 Å². The number of hydrogen-bond donors (Lipinski definition) is 3. The predicted molar refractivity (Wildman–Crippen MR) is 89.1 cm³/mol. The number of anilines is 1. The van der Waals surface area contributed by atoms with Gasteiger partial charge in [0.25, 0.3) is 0 Å². The third-order valence-corrected chi connectivity index (χ3v) is 3.22. The average molecular weight is 355 g/mol. The number of aromatic nitrogens is 3. The molecule has 25 heavy (non-hydrogen) atoms. The third-order valence-electron chi connectivity index (χ3n) is 3.22. The van der Waals surface area contributed by atoms with E-state index in [-0.39, 0.29) is 5.95 Å². The summed E-state index contributed by atoms with van der Waals surface area (Å²) in [5.74, 6) is 0.527. The SMILES string of the molecule is CN=C(NCCNc1nccc(C(F)(F)F)n1)NCc1ccn(C)c1. The molecule has 0 aliphatic rings. The van der Waals surface area contributed by atoms with Crippen LogP contribution < -0.4 is 16.0 Å². The molecule has 2 rings (SSSR count). The number of aliphatic imine (C=N–C) groups is 1. The lowest BCUT2D eigenvalue weighted by Gasteiger charge is -2.12. The molecule has 2 aromatic heterocycles. The highest BCUT2D eigenvalue weighted by atomic mass is 19.4. The van der Waals surface area contributed by atoms with Crippen LogP contribution in [0.4, 0.5) is 19.1 Å². The Hall–Kier alpha value is -2.78. The first-order chi connectivity index (χ1) is 11.9. The van der Waals surface area contributed by atoms with Crippen molar-refractivity contribution in [1.82, 2.24) is 25.2 Å². The minimum absolute atomic E-state index is 0.0659. The molecule has 0 spiro atoms. The number of nitrogens with zero attached hydrogens (tertiary/aromatic N) is 4. The molecular weight excluding hydrogens is 335 g/mol. The smallest absolute Gasteiger partial charge is 0.357 e. The molecule has 136 valence electrons. The summed E-state index contributed by atoms with van der Waals surface area (Å²) in [6, 6.07) is 2.82. The summed E-state index contributed by atoms with van der Waals surface area (Å²) in [6.45, 7) is 1.39. The van der Waals surface area contributed by atoms with E-state index < -0.39 is 11.9 Å². The largest absolute Gasteiger partial charge is 0.433 e. The standard InChI is InChI=1S/C15H20F3N7/c1-19-13(23-9-11-4-8-25(2)10-11)21-6-7-22-14-20-5-3-12(24-14)15(16,17)18/h3-5,8,10H,6-7,9H2,1-2H3,(H2,19,21,23)(H,20,22,24). The fourth-order valence-corrected chi connectivity index (χ4v) is 2.03. The van der Waals surface area contributed by atoms with E-state index in [1.54, 1.807) is 7.05 Å². The third kappa shape index (κ3) is 5.98. The summed E-state index contributed by atoms with van der Waals surface area (Å²) < 4.78 is 39.7. The Morgan fingerprint density at radius 2 is 2.04 bits per heavy atom. The summed E-state index contributed by atoms with van der Waals surface area (Å²) in [5.41, 5.74) is 0.138. The van der Waals surface area contributed by atoms with Gasteiger partial charge in [0.05, 0.1) is 0 Å². The molecule has 2 aromatic rings. The van der Waals surface area contributed by atoms with Gasteiger partial charge in [-0.25, -0.2) is 9.97 Å². The normalized spacial score (nSPS) is 12.1. The highest BCUT2D eigenvalue weighted by Gasteiger charge is 2.32. The first-order valence-corrected chi connectivity index (χ1v) is 7.58. The molecule has 0 fully saturated rings. The van der Waals surface area contributed by atoms with Gasteiger partial charge in [0.15, 0.2) is 5.96 Å². The zero-order valence-electron chi connectivity index (χ0n) is 13.9. The Balaban J connectivity index is 1.74. The molecule has 0 saturated heterocycles. The molecule has 0 amide bonds. The molecule has 0 atom stereocenters. The van der Waals surface area contributed by atoms with Gasteiger partial charge in [-0.3, -0.25) is 4.99 Å². The van der Waals surface area contributed by atoms with Gasteiger partial charge >= 0.3 is 6.18 Å². The Labute approximate surface area is 143 Å². The zero-order chi connectivity index (χ0) is 18.3. The van der Waals surface area contributed by atoms with Crippen LogP contribution in [0.15, 0.2) is 35.7 Å². The van der Waals surface area contributed by atoms with Gasteiger partial charge < -0.3 is 20.5 Å². The van der Waals surface area contributed by atoms with Crippen LogP contribution in [-0.2, 0) is 19.8 Å². The van der Waals surface area contributed by atoms with Crippen LogP contribution in [0.3, 0.4) is 0 Å². The van der Waals surface area contributed by atoms with Gasteiger partial charge in [-0.2, -0.15) is 13.2 Å². The number of rotatable bonds is 6. The summed E-state index contributed by atoms with van der Waals surface area (Å²) in [6.07, 6.45) is 0.534. The number of alkyl halides is 3. The van der Waals surface area contributed by atoms with Crippen molar-refractivity contribution < 1.29 is 13.2 Å². The van der Waals surface area contributed by atoms with Gasteiger partial charge in [-0.1, -0.05) is 0 Å². The van der Waals surface area contributed by atoms with Crippen molar-refractivity contribution in [2.75, 3.05) is 25.5 Å². The van der Waals surface area contributed by atoms with E-state index in [2.05, 4.69) is 30.9 Å². The molecule has 2 heterocycles. The average Bonchev–Trinajstić information content (AvgIpc) is 2.99. The lowest BCUT2D eigenvalue weighted by Crippen LogP contribution is -2.39. The molecule has 0 radical (unpaired) electrons. The molecule has 7 nitrogen and oxygen atoms in total. The van der Waals surface area contributed by atoms with Crippen LogP contribution in [0.2, 0.25) is 0 Å². The zero-order valence-corrected chi connectivity index (χ0v) is 13.9. The van der Waals surface area contributed by atoms with Crippen LogP contribution >= 0.6 is 0 Å². The Morgan fingerprint density at radius 1 is 1.24 bits per heavy atom.